The van der Waals surface area contributed by atoms with E-state index < -0.39 is 27.6 Å². The Balaban J connectivity index is 0.00000736. The van der Waals surface area contributed by atoms with Gasteiger partial charge in [0.25, 0.3) is 16.0 Å². The van der Waals surface area contributed by atoms with Gasteiger partial charge in [0, 0.05) is 49.6 Å². The third-order valence-corrected chi connectivity index (χ3v) is 8.02. The van der Waals surface area contributed by atoms with E-state index in [1.54, 1.807) is 30.3 Å². The Morgan fingerprint density at radius 1 is 1.02 bits per heavy atom. The van der Waals surface area contributed by atoms with Gasteiger partial charge in [-0.15, -0.1) is 0 Å². The summed E-state index contributed by atoms with van der Waals surface area (Å²) < 4.78 is 50.4. The number of aromatic hydroxyl groups is 1. The molecule has 2 amide bonds. The fraction of sp³-hybridized carbons (Fsp3) is 0.419. The van der Waals surface area contributed by atoms with E-state index in [1.807, 2.05) is 0 Å². The molecule has 3 aromatic rings. The molecule has 0 atom stereocenters. The number of hydrogen-bond donors (Lipinski definition) is 3. The van der Waals surface area contributed by atoms with Crippen LogP contribution in [-0.2, 0) is 37.4 Å². The molecule has 0 radical (unpaired) electrons. The summed E-state index contributed by atoms with van der Waals surface area (Å²) in [5.74, 6) is -2.68. The topological polar surface area (TPSA) is 163 Å². The summed E-state index contributed by atoms with van der Waals surface area (Å²) in [5, 5.41) is 14.2. The van der Waals surface area contributed by atoms with Gasteiger partial charge in [-0.3, -0.25) is 23.9 Å². The van der Waals surface area contributed by atoms with E-state index in [9.17, 15) is 32.3 Å². The first-order chi connectivity index (χ1) is 21.3. The average Bonchev–Trinajstić information content (AvgIpc) is 2.99. The standard InChI is InChI=1S/C31H37ClFN3O8S.Na.H/c1-36(14-16-45(41,42)43)27(37)8-4-2-3-5-9-28(38)44-15-6-7-22-17-24-29(26(33)18-22)34-20-25(30(24)39)31(40)35-19-21-10-12-23(32)13-11-21;;/h10-13,17-18,20H,2-9,14-16,19H2,1H3,(H,34,39)(H,35,40)(H,41,42,43);;. The number of esters is 1. The van der Waals surface area contributed by atoms with Gasteiger partial charge in [-0.2, -0.15) is 8.42 Å². The molecule has 3 rings (SSSR count). The van der Waals surface area contributed by atoms with Crippen molar-refractivity contribution in [1.29, 1.82) is 0 Å². The molecule has 0 aliphatic carbocycles. The fourth-order valence-electron chi connectivity index (χ4n) is 4.49. The van der Waals surface area contributed by atoms with Gasteiger partial charge in [0.2, 0.25) is 5.91 Å². The van der Waals surface area contributed by atoms with Crippen LogP contribution in [0.5, 0.6) is 5.75 Å². The third-order valence-electron chi connectivity index (χ3n) is 7.07. The molecule has 0 saturated heterocycles. The summed E-state index contributed by atoms with van der Waals surface area (Å²) in [6.07, 6.45) is 4.98. The van der Waals surface area contributed by atoms with Crippen molar-refractivity contribution in [2.75, 3.05) is 26.0 Å². The van der Waals surface area contributed by atoms with Crippen molar-refractivity contribution in [3.63, 3.8) is 0 Å². The Morgan fingerprint density at radius 2 is 1.70 bits per heavy atom. The van der Waals surface area contributed by atoms with Crippen LogP contribution in [0, 0.1) is 5.82 Å². The number of carbonyl (C=O) groups excluding carboxylic acids is 3. The first-order valence-corrected chi connectivity index (χ1v) is 16.5. The second kappa shape index (κ2) is 19.1. The van der Waals surface area contributed by atoms with Gasteiger partial charge in [-0.1, -0.05) is 36.6 Å². The van der Waals surface area contributed by atoms with Gasteiger partial charge in [0.1, 0.15) is 22.6 Å². The number of benzene rings is 2. The quantitative estimate of drug-likeness (QED) is 0.0817. The van der Waals surface area contributed by atoms with Crippen molar-refractivity contribution >= 4 is 80.0 Å². The van der Waals surface area contributed by atoms with Crippen LogP contribution in [0.25, 0.3) is 10.9 Å². The van der Waals surface area contributed by atoms with E-state index in [4.69, 9.17) is 20.9 Å². The van der Waals surface area contributed by atoms with Gasteiger partial charge in [-0.05, 0) is 61.1 Å². The number of hydrogen-bond acceptors (Lipinski definition) is 8. The van der Waals surface area contributed by atoms with E-state index in [2.05, 4.69) is 10.3 Å². The molecule has 0 fully saturated rings. The third kappa shape index (κ3) is 13.1. The second-order valence-corrected chi connectivity index (χ2v) is 12.7. The Bertz CT molecular complexity index is 1610. The summed E-state index contributed by atoms with van der Waals surface area (Å²) >= 11 is 5.88. The van der Waals surface area contributed by atoms with Gasteiger partial charge in [-0.25, -0.2) is 4.39 Å². The molecule has 0 aliphatic heterocycles. The predicted molar refractivity (Wildman–Crippen MR) is 174 cm³/mol. The number of amides is 2. The molecule has 2 aromatic carbocycles. The molecule has 46 heavy (non-hydrogen) atoms. The van der Waals surface area contributed by atoms with Gasteiger partial charge in [0.15, 0.2) is 0 Å². The number of nitrogens with zero attached hydrogens (tertiary/aromatic N) is 2. The zero-order chi connectivity index (χ0) is 33.0. The Labute approximate surface area is 294 Å². The van der Waals surface area contributed by atoms with E-state index in [1.165, 1.54) is 18.0 Å². The van der Waals surface area contributed by atoms with Crippen molar-refractivity contribution in [1.82, 2.24) is 15.2 Å². The molecule has 1 heterocycles. The number of unbranched alkanes of at least 4 members (excludes halogenated alkanes) is 3. The number of aryl methyl sites for hydroxylation is 1. The van der Waals surface area contributed by atoms with Crippen LogP contribution in [0.3, 0.4) is 0 Å². The Morgan fingerprint density at radius 3 is 2.37 bits per heavy atom. The number of pyridine rings is 1. The fourth-order valence-corrected chi connectivity index (χ4v) is 5.12. The molecule has 0 unspecified atom stereocenters. The number of carbonyl (C=O) groups is 3. The van der Waals surface area contributed by atoms with Crippen LogP contribution >= 0.6 is 11.6 Å². The molecule has 246 valence electrons. The van der Waals surface area contributed by atoms with Gasteiger partial charge < -0.3 is 20.1 Å². The minimum atomic E-state index is -4.12. The monoisotopic (exact) mass is 689 g/mol. The van der Waals surface area contributed by atoms with E-state index in [0.29, 0.717) is 49.1 Å². The Hall–Kier alpha value is -2.81. The summed E-state index contributed by atoms with van der Waals surface area (Å²) in [7, 11) is -2.64. The van der Waals surface area contributed by atoms with Crippen LogP contribution in [0.1, 0.15) is 66.4 Å². The number of halogens is 2. The summed E-state index contributed by atoms with van der Waals surface area (Å²) in [4.78, 5) is 42.1. The van der Waals surface area contributed by atoms with E-state index in [0.717, 1.165) is 11.8 Å². The van der Waals surface area contributed by atoms with Crippen LogP contribution in [0.4, 0.5) is 4.39 Å². The van der Waals surface area contributed by atoms with Gasteiger partial charge in [0.05, 0.1) is 12.4 Å². The molecule has 0 saturated carbocycles. The molecular weight excluding hydrogens is 652 g/mol. The maximum atomic E-state index is 14.8. The molecule has 1 aromatic heterocycles. The predicted octanol–water partition coefficient (Wildman–Crippen LogP) is 4.18. The van der Waals surface area contributed by atoms with Crippen molar-refractivity contribution in [2.24, 2.45) is 0 Å². The summed E-state index contributed by atoms with van der Waals surface area (Å²) in [5.41, 5.74) is 1.20. The molecule has 0 aliphatic rings. The molecule has 0 spiro atoms. The van der Waals surface area contributed by atoms with E-state index in [-0.39, 0.29) is 96.2 Å². The van der Waals surface area contributed by atoms with Gasteiger partial charge >= 0.3 is 35.5 Å². The summed E-state index contributed by atoms with van der Waals surface area (Å²) in [6, 6.07) is 9.78. The number of ether oxygens (including phenoxy) is 1. The molecule has 3 N–H and O–H groups in total. The van der Waals surface area contributed by atoms with Crippen molar-refractivity contribution < 1.29 is 41.6 Å². The zero-order valence-corrected chi connectivity index (χ0v) is 26.5. The van der Waals surface area contributed by atoms with Crippen molar-refractivity contribution in [3.8, 4) is 5.75 Å². The maximum absolute atomic E-state index is 14.8. The Kier molecular flexibility index (Phi) is 16.4. The first-order valence-electron chi connectivity index (χ1n) is 14.5. The number of fused-ring (bicyclic) bond motifs is 1. The molecule has 15 heteroatoms. The molecule has 11 nitrogen and oxygen atoms in total. The average molecular weight is 690 g/mol. The minimum absolute atomic E-state index is 0. The number of nitrogens with one attached hydrogen (secondary N) is 1. The second-order valence-electron chi connectivity index (χ2n) is 10.6. The molecular formula is C31H38ClFN3NaO8S. The SMILES string of the molecule is CN(CCS(=O)(=O)O)C(=O)CCCCCCC(=O)OCCCc1cc(F)c2ncc(C(=O)NCc3ccc(Cl)cc3)c(O)c2c1.[NaH]. The van der Waals surface area contributed by atoms with Crippen LogP contribution in [0.2, 0.25) is 5.02 Å². The van der Waals surface area contributed by atoms with Crippen molar-refractivity contribution in [3.05, 3.63) is 70.1 Å². The summed E-state index contributed by atoms with van der Waals surface area (Å²) in [6.45, 7) is 0.245. The zero-order valence-electron chi connectivity index (χ0n) is 24.9. The normalized spacial score (nSPS) is 11.1. The molecule has 0 bridgehead atoms. The number of rotatable bonds is 17. The van der Waals surface area contributed by atoms with Crippen molar-refractivity contribution in [2.45, 2.75) is 57.9 Å². The van der Waals surface area contributed by atoms with Crippen LogP contribution < -0.4 is 5.32 Å². The van der Waals surface area contributed by atoms with Crippen LogP contribution in [-0.4, -0.2) is 101 Å². The first kappa shape index (κ1) is 39.4. The van der Waals surface area contributed by atoms with Crippen LogP contribution in [0.15, 0.2) is 42.6 Å². The van der Waals surface area contributed by atoms with E-state index >= 15 is 0 Å². The number of aromatic nitrogens is 1.